The van der Waals surface area contributed by atoms with Crippen molar-refractivity contribution >= 4 is 0 Å². The molecule has 0 aromatic heterocycles. The number of hydrogen-bond donors (Lipinski definition) is 1. The topological polar surface area (TPSA) is 44.0 Å². The first-order valence-electron chi connectivity index (χ1n) is 8.37. The number of aliphatic hydroxyl groups is 1. The zero-order valence-electron chi connectivity index (χ0n) is 13.7. The summed E-state index contributed by atoms with van der Waals surface area (Å²) in [5, 5.41) is 21.0. The van der Waals surface area contributed by atoms with Crippen LogP contribution in [0.3, 0.4) is 0 Å². The molecule has 20 heavy (non-hydrogen) atoms. The molecule has 0 aromatic rings. The SMILES string of the molecule is CC(C)C1CCC(O)(C2(C#N)CCC(C)(C)CC2)CC1. The third-order valence-electron chi connectivity index (χ3n) is 6.36. The lowest BCUT2D eigenvalue weighted by Crippen LogP contribution is -2.52. The Morgan fingerprint density at radius 3 is 1.90 bits per heavy atom. The Hall–Kier alpha value is -0.550. The van der Waals surface area contributed by atoms with E-state index in [4.69, 9.17) is 0 Å². The Morgan fingerprint density at radius 2 is 1.50 bits per heavy atom. The van der Waals surface area contributed by atoms with Gasteiger partial charge in [0, 0.05) is 0 Å². The van der Waals surface area contributed by atoms with Crippen LogP contribution in [0.5, 0.6) is 0 Å². The lowest BCUT2D eigenvalue weighted by Gasteiger charge is -2.51. The number of hydrogen-bond acceptors (Lipinski definition) is 2. The summed E-state index contributed by atoms with van der Waals surface area (Å²) < 4.78 is 0. The second-order valence-electron chi connectivity index (χ2n) is 8.47. The monoisotopic (exact) mass is 277 g/mol. The van der Waals surface area contributed by atoms with Gasteiger partial charge in [-0.1, -0.05) is 27.7 Å². The molecule has 0 aliphatic heterocycles. The summed E-state index contributed by atoms with van der Waals surface area (Å²) in [5.74, 6) is 1.42. The van der Waals surface area contributed by atoms with Crippen LogP contribution in [0.4, 0.5) is 0 Å². The van der Waals surface area contributed by atoms with Gasteiger partial charge >= 0.3 is 0 Å². The van der Waals surface area contributed by atoms with Crippen LogP contribution in [0.1, 0.15) is 79.1 Å². The molecule has 2 heteroatoms. The molecule has 0 spiro atoms. The third kappa shape index (κ3) is 2.75. The second-order valence-corrected chi connectivity index (χ2v) is 8.47. The molecule has 0 unspecified atom stereocenters. The van der Waals surface area contributed by atoms with Crippen molar-refractivity contribution < 1.29 is 5.11 Å². The maximum Gasteiger partial charge on any atom is 0.0860 e. The first-order valence-corrected chi connectivity index (χ1v) is 8.37. The molecule has 0 heterocycles. The van der Waals surface area contributed by atoms with Crippen molar-refractivity contribution in [3.63, 3.8) is 0 Å². The van der Waals surface area contributed by atoms with E-state index in [9.17, 15) is 10.4 Å². The van der Waals surface area contributed by atoms with Crippen LogP contribution < -0.4 is 0 Å². The van der Waals surface area contributed by atoms with Gasteiger partial charge in [0.25, 0.3) is 0 Å². The van der Waals surface area contributed by atoms with Crippen LogP contribution in [-0.4, -0.2) is 10.7 Å². The van der Waals surface area contributed by atoms with Gasteiger partial charge in [-0.25, -0.2) is 0 Å². The van der Waals surface area contributed by atoms with E-state index in [0.717, 1.165) is 57.3 Å². The summed E-state index contributed by atoms with van der Waals surface area (Å²) in [6.07, 6.45) is 7.70. The minimum absolute atomic E-state index is 0.339. The lowest BCUT2D eigenvalue weighted by molar-refractivity contribution is -0.117. The summed E-state index contributed by atoms with van der Waals surface area (Å²) in [5.41, 5.74) is -0.875. The van der Waals surface area contributed by atoms with E-state index >= 15 is 0 Å². The standard InChI is InChI=1S/C18H31NO/c1-14(2)15-5-7-18(20,8-6-15)17(13-19)11-9-16(3,4)10-12-17/h14-15,20H,5-12H2,1-4H3. The maximum atomic E-state index is 11.2. The van der Waals surface area contributed by atoms with Gasteiger partial charge in [-0.05, 0) is 68.6 Å². The molecule has 1 N–H and O–H groups in total. The highest BCUT2D eigenvalue weighted by atomic mass is 16.3. The summed E-state index contributed by atoms with van der Waals surface area (Å²) in [4.78, 5) is 0. The average Bonchev–Trinajstić information content (AvgIpc) is 2.39. The maximum absolute atomic E-state index is 11.2. The van der Waals surface area contributed by atoms with Crippen molar-refractivity contribution in [1.82, 2.24) is 0 Å². The largest absolute Gasteiger partial charge is 0.388 e. The lowest BCUT2D eigenvalue weighted by atomic mass is 9.55. The van der Waals surface area contributed by atoms with Gasteiger partial charge < -0.3 is 5.11 Å². The van der Waals surface area contributed by atoms with Crippen LogP contribution in [-0.2, 0) is 0 Å². The first kappa shape index (κ1) is 15.8. The van der Waals surface area contributed by atoms with E-state index in [0.29, 0.717) is 11.3 Å². The molecule has 0 bridgehead atoms. The minimum atomic E-state index is -0.732. The summed E-state index contributed by atoms with van der Waals surface area (Å²) in [7, 11) is 0. The molecule has 114 valence electrons. The average molecular weight is 277 g/mol. The minimum Gasteiger partial charge on any atom is -0.388 e. The molecular formula is C18H31NO. The first-order chi connectivity index (χ1) is 9.24. The van der Waals surface area contributed by atoms with Gasteiger partial charge in [0.2, 0.25) is 0 Å². The van der Waals surface area contributed by atoms with Crippen LogP contribution in [0.25, 0.3) is 0 Å². The van der Waals surface area contributed by atoms with E-state index < -0.39 is 11.0 Å². The Balaban J connectivity index is 2.11. The van der Waals surface area contributed by atoms with Crippen molar-refractivity contribution in [2.45, 2.75) is 84.7 Å². The zero-order chi connectivity index (χ0) is 15.0. The van der Waals surface area contributed by atoms with Gasteiger partial charge in [-0.2, -0.15) is 5.26 Å². The smallest absolute Gasteiger partial charge is 0.0860 e. The highest BCUT2D eigenvalue weighted by Gasteiger charge is 2.54. The normalized spacial score (nSPS) is 36.5. The molecule has 0 saturated heterocycles. The second kappa shape index (κ2) is 5.34. The number of nitrogens with zero attached hydrogens (tertiary/aromatic N) is 1. The Morgan fingerprint density at radius 1 is 1.00 bits per heavy atom. The van der Waals surface area contributed by atoms with Crippen LogP contribution in [0, 0.1) is 34.0 Å². The fourth-order valence-electron chi connectivity index (χ4n) is 4.30. The van der Waals surface area contributed by atoms with Crippen molar-refractivity contribution in [2.75, 3.05) is 0 Å². The highest BCUT2D eigenvalue weighted by Crippen LogP contribution is 2.55. The van der Waals surface area contributed by atoms with Crippen molar-refractivity contribution in [3.05, 3.63) is 0 Å². The van der Waals surface area contributed by atoms with E-state index in [1.165, 1.54) is 0 Å². The third-order valence-corrected chi connectivity index (χ3v) is 6.36. The Kier molecular flexibility index (Phi) is 4.22. The van der Waals surface area contributed by atoms with Crippen molar-refractivity contribution in [3.8, 4) is 6.07 Å². The van der Waals surface area contributed by atoms with Crippen molar-refractivity contribution in [1.29, 1.82) is 5.26 Å². The number of rotatable bonds is 2. The summed E-state index contributed by atoms with van der Waals surface area (Å²) in [6.45, 7) is 9.12. The van der Waals surface area contributed by atoms with Gasteiger partial charge in [0.1, 0.15) is 0 Å². The molecule has 2 rings (SSSR count). The van der Waals surface area contributed by atoms with Gasteiger partial charge in [0.05, 0.1) is 17.1 Å². The van der Waals surface area contributed by atoms with E-state index in [2.05, 4.69) is 33.8 Å². The molecule has 2 nitrogen and oxygen atoms in total. The van der Waals surface area contributed by atoms with Crippen LogP contribution in [0.15, 0.2) is 0 Å². The fraction of sp³-hybridized carbons (Fsp3) is 0.944. The molecule has 2 aliphatic rings. The quantitative estimate of drug-likeness (QED) is 0.797. The Labute approximate surface area is 124 Å². The fourth-order valence-corrected chi connectivity index (χ4v) is 4.30. The predicted molar refractivity (Wildman–Crippen MR) is 82.0 cm³/mol. The van der Waals surface area contributed by atoms with E-state index in [1.807, 2.05) is 0 Å². The van der Waals surface area contributed by atoms with Gasteiger partial charge in [0.15, 0.2) is 0 Å². The van der Waals surface area contributed by atoms with E-state index in [-0.39, 0.29) is 0 Å². The highest BCUT2D eigenvalue weighted by molar-refractivity contribution is 5.14. The molecule has 2 aliphatic carbocycles. The van der Waals surface area contributed by atoms with Gasteiger partial charge in [-0.3, -0.25) is 0 Å². The molecule has 0 atom stereocenters. The molecule has 2 fully saturated rings. The number of nitriles is 1. The van der Waals surface area contributed by atoms with Crippen LogP contribution in [0.2, 0.25) is 0 Å². The summed E-state index contributed by atoms with van der Waals surface area (Å²) in [6, 6.07) is 2.56. The van der Waals surface area contributed by atoms with Gasteiger partial charge in [-0.15, -0.1) is 0 Å². The molecule has 0 radical (unpaired) electrons. The molecule has 0 aromatic carbocycles. The zero-order valence-corrected chi connectivity index (χ0v) is 13.7. The molecule has 2 saturated carbocycles. The molecule has 0 amide bonds. The molecular weight excluding hydrogens is 246 g/mol. The summed E-state index contributed by atoms with van der Waals surface area (Å²) >= 11 is 0. The van der Waals surface area contributed by atoms with E-state index in [1.54, 1.807) is 0 Å². The van der Waals surface area contributed by atoms with Crippen molar-refractivity contribution in [2.24, 2.45) is 22.7 Å². The predicted octanol–water partition coefficient (Wildman–Crippen LogP) is 4.67. The Bertz CT molecular complexity index is 373. The van der Waals surface area contributed by atoms with Crippen LogP contribution >= 0.6 is 0 Å².